The Kier molecular flexibility index (Phi) is 2.82. The molecule has 22 heavy (non-hydrogen) atoms. The van der Waals surface area contributed by atoms with Crippen LogP contribution >= 0.6 is 0 Å². The van der Waals surface area contributed by atoms with E-state index >= 15 is 0 Å². The second-order valence-corrected chi connectivity index (χ2v) is 5.61. The summed E-state index contributed by atoms with van der Waals surface area (Å²) in [4.78, 5) is 12.6. The van der Waals surface area contributed by atoms with Gasteiger partial charge in [0.25, 0.3) is 0 Å². The molecule has 2 aromatic rings. The van der Waals surface area contributed by atoms with Crippen LogP contribution in [0.5, 0.6) is 11.5 Å². The summed E-state index contributed by atoms with van der Waals surface area (Å²) in [6.45, 7) is 0.216. The second-order valence-electron chi connectivity index (χ2n) is 5.61. The summed E-state index contributed by atoms with van der Waals surface area (Å²) in [5, 5.41) is 2.86. The van der Waals surface area contributed by atoms with E-state index in [4.69, 9.17) is 9.47 Å². The highest BCUT2D eigenvalue weighted by molar-refractivity contribution is 6.01. The molecule has 1 N–H and O–H groups in total. The van der Waals surface area contributed by atoms with Gasteiger partial charge in [-0.15, -0.1) is 0 Å². The normalized spacial score (nSPS) is 17.1. The standard InChI is InChI=1S/C17H14FNO3/c18-12-2-4-13(5-3-12)19-16(20)17(7-8-17)11-1-6-14-15(9-11)22-10-21-14/h1-6,9H,7-8,10H2,(H,19,20). The number of amides is 1. The van der Waals surface area contributed by atoms with Crippen LogP contribution < -0.4 is 14.8 Å². The summed E-state index contributed by atoms with van der Waals surface area (Å²) >= 11 is 0. The van der Waals surface area contributed by atoms with E-state index in [1.807, 2.05) is 18.2 Å². The Balaban J connectivity index is 1.58. The lowest BCUT2D eigenvalue weighted by molar-refractivity contribution is -0.118. The average Bonchev–Trinajstić information content (AvgIpc) is 3.21. The molecule has 1 saturated carbocycles. The Morgan fingerprint density at radius 3 is 2.50 bits per heavy atom. The first kappa shape index (κ1) is 13.1. The van der Waals surface area contributed by atoms with E-state index in [2.05, 4.69) is 5.32 Å². The molecule has 1 aliphatic heterocycles. The Hall–Kier alpha value is -2.56. The number of hydrogen-bond acceptors (Lipinski definition) is 3. The molecule has 1 aliphatic carbocycles. The fourth-order valence-electron chi connectivity index (χ4n) is 2.75. The summed E-state index contributed by atoms with van der Waals surface area (Å²) in [7, 11) is 0. The number of carbonyl (C=O) groups is 1. The molecule has 5 heteroatoms. The molecule has 4 nitrogen and oxygen atoms in total. The van der Waals surface area contributed by atoms with Gasteiger partial charge in [0.1, 0.15) is 5.82 Å². The molecule has 0 aromatic heterocycles. The minimum atomic E-state index is -0.518. The van der Waals surface area contributed by atoms with Crippen molar-refractivity contribution in [1.82, 2.24) is 0 Å². The zero-order valence-corrected chi connectivity index (χ0v) is 11.8. The number of rotatable bonds is 3. The molecule has 1 fully saturated rings. The first-order valence-electron chi connectivity index (χ1n) is 7.15. The van der Waals surface area contributed by atoms with Crippen LogP contribution in [0.1, 0.15) is 18.4 Å². The van der Waals surface area contributed by atoms with Crippen LogP contribution in [0.15, 0.2) is 42.5 Å². The van der Waals surface area contributed by atoms with E-state index in [0.29, 0.717) is 17.2 Å². The fraction of sp³-hybridized carbons (Fsp3) is 0.235. The number of ether oxygens (including phenoxy) is 2. The van der Waals surface area contributed by atoms with Gasteiger partial charge in [-0.1, -0.05) is 6.07 Å². The van der Waals surface area contributed by atoms with Crippen molar-refractivity contribution in [3.05, 3.63) is 53.8 Å². The van der Waals surface area contributed by atoms with Crippen molar-refractivity contribution in [3.8, 4) is 11.5 Å². The van der Waals surface area contributed by atoms with Crippen molar-refractivity contribution < 1.29 is 18.7 Å². The van der Waals surface area contributed by atoms with E-state index in [1.54, 1.807) is 12.1 Å². The number of hydrogen-bond donors (Lipinski definition) is 1. The Morgan fingerprint density at radius 1 is 1.05 bits per heavy atom. The fourth-order valence-corrected chi connectivity index (χ4v) is 2.75. The van der Waals surface area contributed by atoms with E-state index in [9.17, 15) is 9.18 Å². The lowest BCUT2D eigenvalue weighted by Crippen LogP contribution is -2.27. The predicted molar refractivity (Wildman–Crippen MR) is 78.5 cm³/mol. The zero-order chi connectivity index (χ0) is 15.2. The van der Waals surface area contributed by atoms with Crippen LogP contribution in [0.3, 0.4) is 0 Å². The molecule has 0 bridgehead atoms. The van der Waals surface area contributed by atoms with Crippen molar-refractivity contribution in [2.75, 3.05) is 12.1 Å². The number of carbonyl (C=O) groups excluding carboxylic acids is 1. The highest BCUT2D eigenvalue weighted by Crippen LogP contribution is 2.51. The van der Waals surface area contributed by atoms with Crippen molar-refractivity contribution >= 4 is 11.6 Å². The van der Waals surface area contributed by atoms with Gasteiger partial charge in [-0.25, -0.2) is 4.39 Å². The second kappa shape index (κ2) is 4.73. The molecule has 0 radical (unpaired) electrons. The van der Waals surface area contributed by atoms with E-state index in [0.717, 1.165) is 18.4 Å². The summed E-state index contributed by atoms with van der Waals surface area (Å²) in [5.74, 6) is 0.990. The van der Waals surface area contributed by atoms with Crippen LogP contribution in [0.25, 0.3) is 0 Å². The number of anilines is 1. The maximum Gasteiger partial charge on any atom is 0.235 e. The SMILES string of the molecule is O=C(Nc1ccc(F)cc1)C1(c2ccc3c(c2)OCO3)CC1. The van der Waals surface area contributed by atoms with Gasteiger partial charge in [0.15, 0.2) is 11.5 Å². The van der Waals surface area contributed by atoms with E-state index in [1.165, 1.54) is 12.1 Å². The third-order valence-electron chi connectivity index (χ3n) is 4.21. The molecule has 4 rings (SSSR count). The number of fused-ring (bicyclic) bond motifs is 1. The van der Waals surface area contributed by atoms with Gasteiger partial charge >= 0.3 is 0 Å². The maximum absolute atomic E-state index is 12.9. The van der Waals surface area contributed by atoms with Crippen molar-refractivity contribution in [2.45, 2.75) is 18.3 Å². The first-order chi connectivity index (χ1) is 10.7. The third kappa shape index (κ3) is 2.09. The van der Waals surface area contributed by atoms with Gasteiger partial charge in [0.2, 0.25) is 12.7 Å². The number of halogens is 1. The average molecular weight is 299 g/mol. The van der Waals surface area contributed by atoms with Gasteiger partial charge < -0.3 is 14.8 Å². The predicted octanol–water partition coefficient (Wildman–Crippen LogP) is 3.22. The summed E-state index contributed by atoms with van der Waals surface area (Å²) in [6, 6.07) is 11.4. The lowest BCUT2D eigenvalue weighted by atomic mass is 9.94. The summed E-state index contributed by atoms with van der Waals surface area (Å²) in [6.07, 6.45) is 1.58. The number of benzene rings is 2. The molecule has 0 unspecified atom stereocenters. The van der Waals surface area contributed by atoms with Crippen molar-refractivity contribution in [1.29, 1.82) is 0 Å². The van der Waals surface area contributed by atoms with Gasteiger partial charge in [-0.2, -0.15) is 0 Å². The lowest BCUT2D eigenvalue weighted by Gasteiger charge is -2.16. The van der Waals surface area contributed by atoms with Gasteiger partial charge in [-0.05, 0) is 54.8 Å². The Labute approximate surface area is 126 Å². The molecule has 1 amide bonds. The molecular formula is C17H14FNO3. The molecule has 0 spiro atoms. The van der Waals surface area contributed by atoms with Crippen molar-refractivity contribution in [3.63, 3.8) is 0 Å². The van der Waals surface area contributed by atoms with Crippen LogP contribution in [-0.4, -0.2) is 12.7 Å². The van der Waals surface area contributed by atoms with Crippen LogP contribution in [0.4, 0.5) is 10.1 Å². The highest BCUT2D eigenvalue weighted by atomic mass is 19.1. The summed E-state index contributed by atoms with van der Waals surface area (Å²) < 4.78 is 23.6. The Morgan fingerprint density at radius 2 is 1.77 bits per heavy atom. The van der Waals surface area contributed by atoms with Crippen LogP contribution in [-0.2, 0) is 10.2 Å². The molecule has 0 atom stereocenters. The van der Waals surface area contributed by atoms with Crippen molar-refractivity contribution in [2.24, 2.45) is 0 Å². The molecule has 2 aliphatic rings. The van der Waals surface area contributed by atoms with Crippen LogP contribution in [0.2, 0.25) is 0 Å². The van der Waals surface area contributed by atoms with Gasteiger partial charge in [0, 0.05) is 5.69 Å². The quantitative estimate of drug-likeness (QED) is 0.946. The van der Waals surface area contributed by atoms with Gasteiger partial charge in [-0.3, -0.25) is 4.79 Å². The van der Waals surface area contributed by atoms with Crippen LogP contribution in [0, 0.1) is 5.82 Å². The largest absolute Gasteiger partial charge is 0.454 e. The topological polar surface area (TPSA) is 47.6 Å². The molecular weight excluding hydrogens is 285 g/mol. The first-order valence-corrected chi connectivity index (χ1v) is 7.15. The molecule has 0 saturated heterocycles. The minimum absolute atomic E-state index is 0.0713. The Bertz CT molecular complexity index is 738. The third-order valence-corrected chi connectivity index (χ3v) is 4.21. The zero-order valence-electron chi connectivity index (χ0n) is 11.8. The summed E-state index contributed by atoms with van der Waals surface area (Å²) in [5.41, 5.74) is 1.00. The van der Waals surface area contributed by atoms with E-state index < -0.39 is 5.41 Å². The monoisotopic (exact) mass is 299 g/mol. The van der Waals surface area contributed by atoms with E-state index in [-0.39, 0.29) is 18.5 Å². The van der Waals surface area contributed by atoms with Gasteiger partial charge in [0.05, 0.1) is 5.41 Å². The smallest absolute Gasteiger partial charge is 0.235 e. The molecule has 2 aromatic carbocycles. The molecule has 1 heterocycles. The maximum atomic E-state index is 12.9. The minimum Gasteiger partial charge on any atom is -0.454 e. The highest BCUT2D eigenvalue weighted by Gasteiger charge is 2.51. The number of nitrogens with one attached hydrogen (secondary N) is 1. The molecule has 112 valence electrons.